The Labute approximate surface area is 181 Å². The molecule has 1 aromatic heterocycles. The highest BCUT2D eigenvalue weighted by molar-refractivity contribution is 7.19. The van der Waals surface area contributed by atoms with Crippen molar-refractivity contribution in [3.8, 4) is 17.6 Å². The molecule has 31 heavy (non-hydrogen) atoms. The van der Waals surface area contributed by atoms with Crippen LogP contribution in [0.1, 0.15) is 20.9 Å². The number of para-hydroxylation sites is 1. The first-order valence-corrected chi connectivity index (χ1v) is 10.0. The predicted octanol–water partition coefficient (Wildman–Crippen LogP) is 5.73. The minimum Gasteiger partial charge on any atom is -0.493 e. The minimum absolute atomic E-state index is 0.215. The van der Waals surface area contributed by atoms with E-state index in [2.05, 4.69) is 11.1 Å². The van der Waals surface area contributed by atoms with Gasteiger partial charge in [-0.15, -0.1) is 11.3 Å². The van der Waals surface area contributed by atoms with Crippen LogP contribution in [0.2, 0.25) is 0 Å². The van der Waals surface area contributed by atoms with E-state index in [-0.39, 0.29) is 11.3 Å². The van der Waals surface area contributed by atoms with Crippen LogP contribution in [0, 0.1) is 17.1 Å². The molecule has 1 heterocycles. The van der Waals surface area contributed by atoms with Gasteiger partial charge in [0.05, 0.1) is 28.5 Å². The lowest BCUT2D eigenvalue weighted by Gasteiger charge is -2.10. The lowest BCUT2D eigenvalue weighted by molar-refractivity contribution is 0.0729. The van der Waals surface area contributed by atoms with Crippen molar-refractivity contribution < 1.29 is 18.7 Å². The third kappa shape index (κ3) is 4.44. The summed E-state index contributed by atoms with van der Waals surface area (Å²) in [6.45, 7) is 0. The highest BCUT2D eigenvalue weighted by Gasteiger charge is 2.14. The number of thiazole rings is 1. The normalized spacial score (nSPS) is 11.2. The molecule has 0 saturated carbocycles. The lowest BCUT2D eigenvalue weighted by Crippen LogP contribution is -2.09. The number of ether oxygens (including phenoxy) is 2. The van der Waals surface area contributed by atoms with Gasteiger partial charge in [-0.25, -0.2) is 14.2 Å². The Morgan fingerprint density at radius 3 is 2.58 bits per heavy atom. The molecule has 0 radical (unpaired) electrons. The number of methoxy groups -OCH3 is 1. The summed E-state index contributed by atoms with van der Waals surface area (Å²) >= 11 is 1.44. The quantitative estimate of drug-likeness (QED) is 0.230. The Bertz CT molecular complexity index is 1300. The summed E-state index contributed by atoms with van der Waals surface area (Å²) in [4.78, 5) is 16.8. The number of nitriles is 1. The third-order valence-electron chi connectivity index (χ3n) is 4.43. The van der Waals surface area contributed by atoms with Crippen molar-refractivity contribution in [2.75, 3.05) is 7.11 Å². The zero-order valence-electron chi connectivity index (χ0n) is 16.3. The molecule has 0 spiro atoms. The number of fused-ring (bicyclic) bond motifs is 1. The number of allylic oxidation sites excluding steroid dienone is 1. The van der Waals surface area contributed by atoms with Crippen LogP contribution in [0.15, 0.2) is 66.7 Å². The number of halogens is 1. The van der Waals surface area contributed by atoms with Gasteiger partial charge in [0.15, 0.2) is 11.5 Å². The van der Waals surface area contributed by atoms with Crippen LogP contribution in [0.3, 0.4) is 0 Å². The standard InChI is InChI=1S/C24H15FN2O3S/c1-29-21-13-15(6-11-20(21)30-24(28)16-7-9-18(25)10-8-16)12-17(14-26)23-27-19-4-2-3-5-22(19)31-23/h2-13H,1H3/b17-12+. The SMILES string of the molecule is COc1cc(/C=C(\C#N)c2nc3ccccc3s2)ccc1OC(=O)c1ccc(F)cc1. The van der Waals surface area contributed by atoms with Gasteiger partial charge in [-0.2, -0.15) is 5.26 Å². The Morgan fingerprint density at radius 2 is 1.87 bits per heavy atom. The average molecular weight is 430 g/mol. The second-order valence-electron chi connectivity index (χ2n) is 6.46. The van der Waals surface area contributed by atoms with Crippen molar-refractivity contribution in [3.05, 3.63) is 88.7 Å². The van der Waals surface area contributed by atoms with Crippen molar-refractivity contribution >= 4 is 39.2 Å². The Kier molecular flexibility index (Phi) is 5.74. The van der Waals surface area contributed by atoms with Gasteiger partial charge in [-0.1, -0.05) is 18.2 Å². The topological polar surface area (TPSA) is 72.2 Å². The van der Waals surface area contributed by atoms with Gasteiger partial charge in [-0.3, -0.25) is 0 Å². The number of esters is 1. The van der Waals surface area contributed by atoms with Gasteiger partial charge < -0.3 is 9.47 Å². The van der Waals surface area contributed by atoms with E-state index in [0.717, 1.165) is 10.2 Å². The molecule has 4 aromatic rings. The van der Waals surface area contributed by atoms with E-state index in [1.54, 1.807) is 24.3 Å². The van der Waals surface area contributed by atoms with Crippen LogP contribution in [-0.4, -0.2) is 18.1 Å². The number of hydrogen-bond acceptors (Lipinski definition) is 6. The van der Waals surface area contributed by atoms with Crippen LogP contribution in [0.5, 0.6) is 11.5 Å². The number of carbonyl (C=O) groups is 1. The fraction of sp³-hybridized carbons (Fsp3) is 0.0417. The van der Waals surface area contributed by atoms with E-state index in [0.29, 0.717) is 21.9 Å². The summed E-state index contributed by atoms with van der Waals surface area (Å²) in [5.41, 5.74) is 2.16. The maximum Gasteiger partial charge on any atom is 0.343 e. The summed E-state index contributed by atoms with van der Waals surface area (Å²) < 4.78 is 24.8. The summed E-state index contributed by atoms with van der Waals surface area (Å²) in [6, 6.07) is 19.9. The van der Waals surface area contributed by atoms with Gasteiger partial charge in [0.25, 0.3) is 0 Å². The van der Waals surface area contributed by atoms with E-state index in [9.17, 15) is 14.4 Å². The maximum absolute atomic E-state index is 13.1. The molecule has 152 valence electrons. The fourth-order valence-corrected chi connectivity index (χ4v) is 3.83. The summed E-state index contributed by atoms with van der Waals surface area (Å²) in [5, 5.41) is 10.3. The summed E-state index contributed by atoms with van der Waals surface area (Å²) in [5.74, 6) is -0.529. The van der Waals surface area contributed by atoms with Crippen LogP contribution in [-0.2, 0) is 0 Å². The van der Waals surface area contributed by atoms with Crippen molar-refractivity contribution in [1.29, 1.82) is 5.26 Å². The highest BCUT2D eigenvalue weighted by Crippen LogP contribution is 2.32. The largest absolute Gasteiger partial charge is 0.493 e. The van der Waals surface area contributed by atoms with Crippen LogP contribution in [0.4, 0.5) is 4.39 Å². The molecule has 0 atom stereocenters. The summed E-state index contributed by atoms with van der Waals surface area (Å²) in [6.07, 6.45) is 1.70. The van der Waals surface area contributed by atoms with Crippen molar-refractivity contribution in [2.45, 2.75) is 0 Å². The van der Waals surface area contributed by atoms with E-state index >= 15 is 0 Å². The van der Waals surface area contributed by atoms with Crippen molar-refractivity contribution in [3.63, 3.8) is 0 Å². The van der Waals surface area contributed by atoms with Crippen molar-refractivity contribution in [2.24, 2.45) is 0 Å². The van der Waals surface area contributed by atoms with Gasteiger partial charge in [0.2, 0.25) is 0 Å². The average Bonchev–Trinajstić information content (AvgIpc) is 3.22. The first-order chi connectivity index (χ1) is 15.1. The first-order valence-electron chi connectivity index (χ1n) is 9.21. The lowest BCUT2D eigenvalue weighted by atomic mass is 10.1. The minimum atomic E-state index is -0.631. The first kappa shape index (κ1) is 20.3. The molecule has 0 aliphatic rings. The zero-order chi connectivity index (χ0) is 21.8. The van der Waals surface area contributed by atoms with Crippen LogP contribution < -0.4 is 9.47 Å². The Morgan fingerprint density at radius 1 is 1.10 bits per heavy atom. The number of aromatic nitrogens is 1. The molecule has 5 nitrogen and oxygen atoms in total. The summed E-state index contributed by atoms with van der Waals surface area (Å²) in [7, 11) is 1.46. The molecule has 4 rings (SSSR count). The Hall–Kier alpha value is -4.02. The predicted molar refractivity (Wildman–Crippen MR) is 117 cm³/mol. The molecule has 0 fully saturated rings. The number of nitrogens with zero attached hydrogens (tertiary/aromatic N) is 2. The van der Waals surface area contributed by atoms with E-state index in [4.69, 9.17) is 9.47 Å². The second kappa shape index (κ2) is 8.78. The molecule has 3 aromatic carbocycles. The molecule has 0 saturated heterocycles. The van der Waals surface area contributed by atoms with Crippen LogP contribution >= 0.6 is 11.3 Å². The number of benzene rings is 3. The molecule has 7 heteroatoms. The monoisotopic (exact) mass is 430 g/mol. The maximum atomic E-state index is 13.1. The van der Waals surface area contributed by atoms with Gasteiger partial charge in [0.1, 0.15) is 16.9 Å². The molecule has 0 aliphatic heterocycles. The smallest absolute Gasteiger partial charge is 0.343 e. The second-order valence-corrected chi connectivity index (χ2v) is 7.49. The fourth-order valence-electron chi connectivity index (χ4n) is 2.90. The third-order valence-corrected chi connectivity index (χ3v) is 5.50. The van der Waals surface area contributed by atoms with E-state index in [1.807, 2.05) is 24.3 Å². The number of rotatable bonds is 5. The number of hydrogen-bond donors (Lipinski definition) is 0. The van der Waals surface area contributed by atoms with Gasteiger partial charge >= 0.3 is 5.97 Å². The van der Waals surface area contributed by atoms with Gasteiger partial charge in [0, 0.05) is 0 Å². The molecule has 0 N–H and O–H groups in total. The van der Waals surface area contributed by atoms with Gasteiger partial charge in [-0.05, 0) is 60.2 Å². The molecule has 0 amide bonds. The van der Waals surface area contributed by atoms with E-state index in [1.165, 1.54) is 42.7 Å². The molecule has 0 aliphatic carbocycles. The van der Waals surface area contributed by atoms with E-state index < -0.39 is 11.8 Å². The Balaban J connectivity index is 1.61. The molecular formula is C24H15FN2O3S. The van der Waals surface area contributed by atoms with Crippen molar-refractivity contribution in [1.82, 2.24) is 4.98 Å². The highest BCUT2D eigenvalue weighted by atomic mass is 32.1. The molecule has 0 bridgehead atoms. The number of carbonyl (C=O) groups excluding carboxylic acids is 1. The van der Waals surface area contributed by atoms with Crippen LogP contribution in [0.25, 0.3) is 21.9 Å². The molecule has 0 unspecified atom stereocenters. The molecular weight excluding hydrogens is 415 g/mol. The zero-order valence-corrected chi connectivity index (χ0v) is 17.2.